The van der Waals surface area contributed by atoms with Gasteiger partial charge in [-0.3, -0.25) is 0 Å². The number of fused-ring (bicyclic) bond motifs is 2. The summed E-state index contributed by atoms with van der Waals surface area (Å²) in [6.07, 6.45) is 3.43. The second kappa shape index (κ2) is 8.57. The van der Waals surface area contributed by atoms with Crippen LogP contribution in [0.4, 0.5) is 11.8 Å². The van der Waals surface area contributed by atoms with Crippen LogP contribution in [0.5, 0.6) is 5.75 Å². The van der Waals surface area contributed by atoms with Crippen LogP contribution in [0.15, 0.2) is 30.6 Å². The maximum absolute atomic E-state index is 6.17. The summed E-state index contributed by atoms with van der Waals surface area (Å²) in [5, 5.41) is 9.51. The van der Waals surface area contributed by atoms with E-state index in [-0.39, 0.29) is 6.10 Å². The molecule has 8 nitrogen and oxygen atoms in total. The maximum atomic E-state index is 6.17. The van der Waals surface area contributed by atoms with E-state index in [1.54, 1.807) is 24.5 Å². The third-order valence-corrected chi connectivity index (χ3v) is 7.91. The van der Waals surface area contributed by atoms with Gasteiger partial charge in [0.15, 0.2) is 11.9 Å². The molecule has 1 saturated carbocycles. The summed E-state index contributed by atoms with van der Waals surface area (Å²) in [6, 6.07) is 7.68. The molecule has 10 heteroatoms. The molecule has 6 rings (SSSR count). The van der Waals surface area contributed by atoms with Crippen molar-refractivity contribution in [3.63, 3.8) is 0 Å². The second-order valence-corrected chi connectivity index (χ2v) is 10.4. The van der Waals surface area contributed by atoms with Crippen LogP contribution >= 0.6 is 23.2 Å². The zero-order valence-corrected chi connectivity index (χ0v) is 20.7. The number of ether oxygens (including phenoxy) is 1. The minimum absolute atomic E-state index is 0.170. The van der Waals surface area contributed by atoms with Crippen LogP contribution in [0.1, 0.15) is 37.4 Å². The monoisotopic (exact) mass is 499 g/mol. The standard InChI is InChI=1S/C24H27Cl2N7O/c1-3-17-18-10-32(21-6-13(2)27-12-28-21)11-19(18)22(17)29-24-30-23-20(4-5-33(23)31-24)34-16-8-14(25)7-15(26)9-16/h6-9,12,17-20,22H,3-5,10-11H2,1-2H3,(H,29,31)/t17-,18?,19-,20-,22-/m1/s1. The summed E-state index contributed by atoms with van der Waals surface area (Å²) in [7, 11) is 0. The highest BCUT2D eigenvalue weighted by Crippen LogP contribution is 2.49. The van der Waals surface area contributed by atoms with Gasteiger partial charge in [-0.05, 0) is 37.0 Å². The molecule has 1 saturated heterocycles. The van der Waals surface area contributed by atoms with Crippen molar-refractivity contribution in [3.8, 4) is 5.75 Å². The lowest BCUT2D eigenvalue weighted by molar-refractivity contribution is 0.0915. The molecule has 4 heterocycles. The van der Waals surface area contributed by atoms with E-state index in [0.29, 0.717) is 45.5 Å². The van der Waals surface area contributed by atoms with Gasteiger partial charge in [0.2, 0.25) is 5.95 Å². The predicted octanol–water partition coefficient (Wildman–Crippen LogP) is 4.78. The molecule has 34 heavy (non-hydrogen) atoms. The Kier molecular flexibility index (Phi) is 5.53. The lowest BCUT2D eigenvalue weighted by Crippen LogP contribution is -2.54. The van der Waals surface area contributed by atoms with Gasteiger partial charge in [-0.25, -0.2) is 14.6 Å². The molecule has 0 spiro atoms. The highest BCUT2D eigenvalue weighted by atomic mass is 35.5. The van der Waals surface area contributed by atoms with E-state index in [1.165, 1.54) is 0 Å². The van der Waals surface area contributed by atoms with E-state index in [4.69, 9.17) is 38.0 Å². The van der Waals surface area contributed by atoms with E-state index < -0.39 is 0 Å². The first-order valence-corrected chi connectivity index (χ1v) is 12.6. The Balaban J connectivity index is 1.15. The van der Waals surface area contributed by atoms with E-state index >= 15 is 0 Å². The van der Waals surface area contributed by atoms with E-state index in [2.05, 4.69) is 33.2 Å². The van der Waals surface area contributed by atoms with Crippen molar-refractivity contribution in [2.75, 3.05) is 23.3 Å². The quantitative estimate of drug-likeness (QED) is 0.522. The fraction of sp³-hybridized carbons (Fsp3) is 0.500. The highest BCUT2D eigenvalue weighted by Gasteiger charge is 2.54. The van der Waals surface area contributed by atoms with Crippen molar-refractivity contribution in [2.24, 2.45) is 17.8 Å². The lowest BCUT2D eigenvalue weighted by atomic mass is 9.61. The average Bonchev–Trinajstić information content (AvgIpc) is 3.46. The summed E-state index contributed by atoms with van der Waals surface area (Å²) >= 11 is 12.3. The SMILES string of the molecule is CC[C@@H]1C2CN(c3cc(C)ncn3)C[C@H]2[C@@H]1Nc1nc2n(n1)CC[C@H]2Oc1cc(Cl)cc(Cl)c1. The van der Waals surface area contributed by atoms with Crippen LogP contribution in [0.3, 0.4) is 0 Å². The van der Waals surface area contributed by atoms with Crippen molar-refractivity contribution >= 4 is 35.0 Å². The van der Waals surface area contributed by atoms with Gasteiger partial charge < -0.3 is 15.0 Å². The molecule has 5 atom stereocenters. The second-order valence-electron chi connectivity index (χ2n) is 9.51. The average molecular weight is 500 g/mol. The fourth-order valence-corrected chi connectivity index (χ4v) is 6.41. The van der Waals surface area contributed by atoms with Gasteiger partial charge in [-0.2, -0.15) is 4.98 Å². The van der Waals surface area contributed by atoms with Crippen LogP contribution in [-0.2, 0) is 6.54 Å². The topological polar surface area (TPSA) is 81.0 Å². The Hall–Kier alpha value is -2.58. The molecule has 1 aliphatic carbocycles. The number of aryl methyl sites for hydroxylation is 2. The zero-order chi connectivity index (χ0) is 23.4. The van der Waals surface area contributed by atoms with Crippen LogP contribution in [0.2, 0.25) is 10.0 Å². The van der Waals surface area contributed by atoms with Gasteiger partial charge in [0, 0.05) is 59.8 Å². The summed E-state index contributed by atoms with van der Waals surface area (Å²) in [4.78, 5) is 16.0. The molecule has 2 aliphatic heterocycles. The molecule has 1 aromatic carbocycles. The lowest BCUT2D eigenvalue weighted by Gasteiger charge is -2.47. The smallest absolute Gasteiger partial charge is 0.242 e. The number of nitrogens with one attached hydrogen (secondary N) is 1. The van der Waals surface area contributed by atoms with Crippen molar-refractivity contribution < 1.29 is 4.74 Å². The third-order valence-electron chi connectivity index (χ3n) is 7.47. The van der Waals surface area contributed by atoms with Gasteiger partial charge in [0.1, 0.15) is 17.9 Å². The van der Waals surface area contributed by atoms with Crippen LogP contribution in [0, 0.1) is 24.7 Å². The number of rotatable bonds is 6. The molecule has 0 bridgehead atoms. The molecule has 0 radical (unpaired) electrons. The molecule has 3 aromatic rings. The molecule has 1 unspecified atom stereocenters. The minimum Gasteiger partial charge on any atom is -0.482 e. The Bertz CT molecular complexity index is 1200. The highest BCUT2D eigenvalue weighted by molar-refractivity contribution is 6.34. The first kappa shape index (κ1) is 21.9. The Labute approximate surface area is 208 Å². The van der Waals surface area contributed by atoms with Gasteiger partial charge in [0.25, 0.3) is 0 Å². The summed E-state index contributed by atoms with van der Waals surface area (Å²) in [5.41, 5.74) is 1.000. The molecule has 3 aliphatic rings. The summed E-state index contributed by atoms with van der Waals surface area (Å²) in [5.74, 6) is 5.01. The molecular formula is C24H27Cl2N7O. The Morgan fingerprint density at radius 2 is 1.88 bits per heavy atom. The van der Waals surface area contributed by atoms with Crippen LogP contribution < -0.4 is 15.0 Å². The van der Waals surface area contributed by atoms with Gasteiger partial charge in [-0.1, -0.05) is 36.5 Å². The molecule has 1 N–H and O–H groups in total. The number of hydrogen-bond donors (Lipinski definition) is 1. The van der Waals surface area contributed by atoms with Gasteiger partial charge >= 0.3 is 0 Å². The molecule has 178 valence electrons. The van der Waals surface area contributed by atoms with E-state index in [9.17, 15) is 0 Å². The molecular weight excluding hydrogens is 473 g/mol. The van der Waals surface area contributed by atoms with Gasteiger partial charge in [-0.15, -0.1) is 5.10 Å². The summed E-state index contributed by atoms with van der Waals surface area (Å²) < 4.78 is 8.11. The molecule has 2 fully saturated rings. The van der Waals surface area contributed by atoms with Crippen LogP contribution in [0.25, 0.3) is 0 Å². The number of benzene rings is 1. The minimum atomic E-state index is -0.170. The normalized spacial score (nSPS) is 27.3. The van der Waals surface area contributed by atoms with Crippen molar-refractivity contribution in [3.05, 3.63) is 52.2 Å². The number of aromatic nitrogens is 5. The van der Waals surface area contributed by atoms with Crippen molar-refractivity contribution in [1.29, 1.82) is 0 Å². The molecule has 2 aromatic heterocycles. The number of anilines is 2. The first-order chi connectivity index (χ1) is 16.5. The first-order valence-electron chi connectivity index (χ1n) is 11.9. The Morgan fingerprint density at radius 3 is 2.65 bits per heavy atom. The predicted molar refractivity (Wildman–Crippen MR) is 132 cm³/mol. The fourth-order valence-electron chi connectivity index (χ4n) is 5.90. The molecule has 0 amide bonds. The van der Waals surface area contributed by atoms with Crippen molar-refractivity contribution in [1.82, 2.24) is 24.7 Å². The number of nitrogens with zero attached hydrogens (tertiary/aromatic N) is 6. The number of hydrogen-bond acceptors (Lipinski definition) is 7. The largest absolute Gasteiger partial charge is 0.482 e. The summed E-state index contributed by atoms with van der Waals surface area (Å²) in [6.45, 7) is 7.09. The van der Waals surface area contributed by atoms with E-state index in [1.807, 2.05) is 11.6 Å². The number of halogens is 2. The third kappa shape index (κ3) is 3.86. The zero-order valence-electron chi connectivity index (χ0n) is 19.2. The Morgan fingerprint density at radius 1 is 1.09 bits per heavy atom. The maximum Gasteiger partial charge on any atom is 0.242 e. The van der Waals surface area contributed by atoms with Crippen LogP contribution in [-0.4, -0.2) is 43.9 Å². The van der Waals surface area contributed by atoms with Crippen molar-refractivity contribution in [2.45, 2.75) is 45.4 Å². The van der Waals surface area contributed by atoms with Gasteiger partial charge in [0.05, 0.1) is 0 Å². The van der Waals surface area contributed by atoms with E-state index in [0.717, 1.165) is 49.8 Å².